The van der Waals surface area contributed by atoms with E-state index in [2.05, 4.69) is 20.6 Å². The second kappa shape index (κ2) is 8.35. The van der Waals surface area contributed by atoms with Gasteiger partial charge in [-0.25, -0.2) is 4.98 Å². The van der Waals surface area contributed by atoms with Gasteiger partial charge in [-0.3, -0.25) is 4.79 Å². The standard InChI is InChI=1S/C17H25N3OS.2ClH/c21-16(17-6-2-1-3-14(17)11-18-12-17)20-8-4-13(5-9-20)15-19-7-10-22-15;;/h7,10,13-14,18H,1-6,8-9,11-12H2;2*1H/t14-,17+;;/m0../s1. The van der Waals surface area contributed by atoms with Crippen LogP contribution in [0.5, 0.6) is 0 Å². The lowest BCUT2D eigenvalue weighted by Gasteiger charge is -2.42. The summed E-state index contributed by atoms with van der Waals surface area (Å²) < 4.78 is 0. The summed E-state index contributed by atoms with van der Waals surface area (Å²) in [7, 11) is 0. The van der Waals surface area contributed by atoms with Crippen LogP contribution in [0.15, 0.2) is 11.6 Å². The Morgan fingerprint density at radius 1 is 1.25 bits per heavy atom. The maximum Gasteiger partial charge on any atom is 0.230 e. The molecule has 0 aromatic carbocycles. The number of carbonyl (C=O) groups is 1. The molecule has 2 aliphatic heterocycles. The molecule has 7 heteroatoms. The zero-order chi connectivity index (χ0) is 15.0. The number of aromatic nitrogens is 1. The third kappa shape index (κ3) is 3.46. The van der Waals surface area contributed by atoms with Gasteiger partial charge in [0.2, 0.25) is 5.91 Å². The Kier molecular flexibility index (Phi) is 6.94. The fourth-order valence-electron chi connectivity index (χ4n) is 4.75. The van der Waals surface area contributed by atoms with Gasteiger partial charge in [0.15, 0.2) is 0 Å². The second-order valence-electron chi connectivity index (χ2n) is 7.17. The summed E-state index contributed by atoms with van der Waals surface area (Å²) in [6.45, 7) is 3.78. The van der Waals surface area contributed by atoms with E-state index in [0.29, 0.717) is 17.7 Å². The smallest absolute Gasteiger partial charge is 0.230 e. The number of likely N-dealkylation sites (tertiary alicyclic amines) is 1. The molecule has 1 aromatic rings. The van der Waals surface area contributed by atoms with E-state index in [0.717, 1.165) is 45.4 Å². The molecule has 2 saturated heterocycles. The van der Waals surface area contributed by atoms with E-state index in [1.54, 1.807) is 11.3 Å². The van der Waals surface area contributed by atoms with Crippen LogP contribution >= 0.6 is 36.2 Å². The number of rotatable bonds is 2. The first-order valence-electron chi connectivity index (χ1n) is 8.69. The second-order valence-corrected chi connectivity index (χ2v) is 8.09. The molecule has 3 heterocycles. The van der Waals surface area contributed by atoms with Gasteiger partial charge in [0.25, 0.3) is 0 Å². The van der Waals surface area contributed by atoms with Gasteiger partial charge in [-0.15, -0.1) is 36.2 Å². The number of nitrogens with one attached hydrogen (secondary N) is 1. The molecule has 4 rings (SSSR count). The number of halogens is 2. The van der Waals surface area contributed by atoms with Crippen molar-refractivity contribution in [3.05, 3.63) is 16.6 Å². The van der Waals surface area contributed by atoms with Gasteiger partial charge in [0.05, 0.1) is 10.4 Å². The first-order valence-corrected chi connectivity index (χ1v) is 9.57. The third-order valence-electron chi connectivity index (χ3n) is 6.05. The van der Waals surface area contributed by atoms with Crippen LogP contribution in [0.3, 0.4) is 0 Å². The summed E-state index contributed by atoms with van der Waals surface area (Å²) in [6, 6.07) is 0. The molecule has 1 amide bonds. The summed E-state index contributed by atoms with van der Waals surface area (Å²) in [5.41, 5.74) is -0.0771. The van der Waals surface area contributed by atoms with Crippen molar-refractivity contribution in [2.45, 2.75) is 44.4 Å². The number of carbonyl (C=O) groups excluding carboxylic acids is 1. The van der Waals surface area contributed by atoms with Crippen molar-refractivity contribution in [2.24, 2.45) is 11.3 Å². The van der Waals surface area contributed by atoms with Crippen LogP contribution in [-0.2, 0) is 4.79 Å². The van der Waals surface area contributed by atoms with E-state index in [1.807, 2.05) is 6.20 Å². The van der Waals surface area contributed by atoms with Gasteiger partial charge in [-0.05, 0) is 38.1 Å². The molecule has 1 N–H and O–H groups in total. The van der Waals surface area contributed by atoms with E-state index < -0.39 is 0 Å². The number of hydrogen-bond donors (Lipinski definition) is 1. The van der Waals surface area contributed by atoms with Crippen LogP contribution in [0.4, 0.5) is 0 Å². The number of piperidine rings is 1. The van der Waals surface area contributed by atoms with Gasteiger partial charge in [0.1, 0.15) is 0 Å². The van der Waals surface area contributed by atoms with Crippen molar-refractivity contribution in [3.8, 4) is 0 Å². The SMILES string of the molecule is Cl.Cl.O=C(N1CCC(c2nccs2)CC1)[C@@]12CCCC[C@H]1CNC2. The van der Waals surface area contributed by atoms with Gasteiger partial charge < -0.3 is 10.2 Å². The molecule has 3 fully saturated rings. The summed E-state index contributed by atoms with van der Waals surface area (Å²) in [5, 5.41) is 6.81. The summed E-state index contributed by atoms with van der Waals surface area (Å²) in [4.78, 5) is 19.8. The molecular formula is C17H27Cl2N3OS. The predicted octanol–water partition coefficient (Wildman–Crippen LogP) is 3.47. The van der Waals surface area contributed by atoms with Crippen LogP contribution in [0.25, 0.3) is 0 Å². The van der Waals surface area contributed by atoms with Crippen molar-refractivity contribution < 1.29 is 4.79 Å². The molecule has 1 aliphatic carbocycles. The molecule has 0 unspecified atom stereocenters. The Balaban J connectivity index is 0.00000104. The van der Waals surface area contributed by atoms with E-state index in [-0.39, 0.29) is 30.2 Å². The topological polar surface area (TPSA) is 45.2 Å². The molecule has 0 spiro atoms. The minimum Gasteiger partial charge on any atom is -0.342 e. The highest BCUT2D eigenvalue weighted by Crippen LogP contribution is 2.45. The van der Waals surface area contributed by atoms with Crippen molar-refractivity contribution >= 4 is 42.1 Å². The Morgan fingerprint density at radius 3 is 2.75 bits per heavy atom. The molecule has 0 bridgehead atoms. The van der Waals surface area contributed by atoms with Crippen LogP contribution in [0.1, 0.15) is 49.5 Å². The van der Waals surface area contributed by atoms with Crippen molar-refractivity contribution in [2.75, 3.05) is 26.2 Å². The molecule has 3 aliphatic rings. The predicted molar refractivity (Wildman–Crippen MR) is 102 cm³/mol. The van der Waals surface area contributed by atoms with E-state index in [4.69, 9.17) is 0 Å². The highest BCUT2D eigenvalue weighted by molar-refractivity contribution is 7.09. The Bertz CT molecular complexity index is 534. The normalized spacial score (nSPS) is 30.2. The molecule has 1 aromatic heterocycles. The number of fused-ring (bicyclic) bond motifs is 1. The molecular weight excluding hydrogens is 365 g/mol. The monoisotopic (exact) mass is 391 g/mol. The van der Waals surface area contributed by atoms with E-state index >= 15 is 0 Å². The zero-order valence-electron chi connectivity index (χ0n) is 13.9. The lowest BCUT2D eigenvalue weighted by Crippen LogP contribution is -2.51. The van der Waals surface area contributed by atoms with Crippen LogP contribution < -0.4 is 5.32 Å². The molecule has 1 saturated carbocycles. The van der Waals surface area contributed by atoms with Crippen LogP contribution in [-0.4, -0.2) is 42.0 Å². The molecule has 24 heavy (non-hydrogen) atoms. The van der Waals surface area contributed by atoms with Crippen molar-refractivity contribution in [1.29, 1.82) is 0 Å². The fourth-order valence-corrected chi connectivity index (χ4v) is 5.56. The molecule has 0 radical (unpaired) electrons. The Morgan fingerprint density at radius 2 is 2.04 bits per heavy atom. The molecule has 136 valence electrons. The maximum absolute atomic E-state index is 13.2. The number of thiazole rings is 1. The fraction of sp³-hybridized carbons (Fsp3) is 0.765. The number of amides is 1. The molecule has 4 nitrogen and oxygen atoms in total. The number of nitrogens with zero attached hydrogens (tertiary/aromatic N) is 2. The molecule has 2 atom stereocenters. The van der Waals surface area contributed by atoms with Gasteiger partial charge in [-0.2, -0.15) is 0 Å². The number of hydrogen-bond acceptors (Lipinski definition) is 4. The first kappa shape index (κ1) is 20.0. The third-order valence-corrected chi connectivity index (χ3v) is 6.98. The minimum atomic E-state index is -0.0771. The highest BCUT2D eigenvalue weighted by atomic mass is 35.5. The lowest BCUT2D eigenvalue weighted by molar-refractivity contribution is -0.146. The average molecular weight is 392 g/mol. The van der Waals surface area contributed by atoms with Crippen molar-refractivity contribution in [1.82, 2.24) is 15.2 Å². The largest absolute Gasteiger partial charge is 0.342 e. The van der Waals surface area contributed by atoms with Gasteiger partial charge in [0, 0.05) is 37.1 Å². The summed E-state index contributed by atoms with van der Waals surface area (Å²) >= 11 is 1.76. The summed E-state index contributed by atoms with van der Waals surface area (Å²) in [5.74, 6) is 1.58. The Hall–Kier alpha value is -0.360. The summed E-state index contributed by atoms with van der Waals surface area (Å²) in [6.07, 6.45) is 8.89. The quantitative estimate of drug-likeness (QED) is 0.838. The maximum atomic E-state index is 13.2. The van der Waals surface area contributed by atoms with E-state index in [1.165, 1.54) is 24.3 Å². The first-order chi connectivity index (χ1) is 10.8. The van der Waals surface area contributed by atoms with Gasteiger partial charge >= 0.3 is 0 Å². The van der Waals surface area contributed by atoms with Gasteiger partial charge in [-0.1, -0.05) is 12.8 Å². The van der Waals surface area contributed by atoms with Crippen molar-refractivity contribution in [3.63, 3.8) is 0 Å². The highest BCUT2D eigenvalue weighted by Gasteiger charge is 2.51. The minimum absolute atomic E-state index is 0. The van der Waals surface area contributed by atoms with E-state index in [9.17, 15) is 4.79 Å². The zero-order valence-corrected chi connectivity index (χ0v) is 16.4. The average Bonchev–Trinajstić information content (AvgIpc) is 3.24. The Labute approximate surface area is 160 Å². The van der Waals surface area contributed by atoms with Crippen LogP contribution in [0, 0.1) is 11.3 Å². The van der Waals surface area contributed by atoms with Crippen LogP contribution in [0.2, 0.25) is 0 Å². The lowest BCUT2D eigenvalue weighted by atomic mass is 9.67.